The van der Waals surface area contributed by atoms with Crippen LogP contribution in [0.4, 0.5) is 17.1 Å². The van der Waals surface area contributed by atoms with E-state index in [1.165, 1.54) is 37.7 Å². The maximum Gasteiger partial charge on any atom is 0.246 e. The maximum atomic E-state index is 13.3. The maximum absolute atomic E-state index is 13.3. The van der Waals surface area contributed by atoms with E-state index in [0.29, 0.717) is 11.7 Å². The molecule has 2 aliphatic rings. The molecular formula is C26H34N4O2. The van der Waals surface area contributed by atoms with Gasteiger partial charge in [-0.05, 0) is 50.6 Å². The third-order valence-electron chi connectivity index (χ3n) is 6.69. The van der Waals surface area contributed by atoms with Gasteiger partial charge in [-0.3, -0.25) is 14.5 Å². The van der Waals surface area contributed by atoms with E-state index >= 15 is 0 Å². The molecule has 0 saturated heterocycles. The summed E-state index contributed by atoms with van der Waals surface area (Å²) in [5.41, 5.74) is 3.63. The molecule has 2 aromatic carbocycles. The van der Waals surface area contributed by atoms with Gasteiger partial charge in [-0.25, -0.2) is 0 Å². The Hall–Kier alpha value is -2.86. The molecular weight excluding hydrogens is 400 g/mol. The lowest BCUT2D eigenvalue weighted by molar-refractivity contribution is -0.118. The summed E-state index contributed by atoms with van der Waals surface area (Å²) < 4.78 is 0. The van der Waals surface area contributed by atoms with E-state index in [9.17, 15) is 9.59 Å². The van der Waals surface area contributed by atoms with Crippen LogP contribution in [0.25, 0.3) is 0 Å². The first-order chi connectivity index (χ1) is 15.5. The average Bonchev–Trinajstić information content (AvgIpc) is 2.93. The van der Waals surface area contributed by atoms with Crippen LogP contribution in [0, 0.1) is 0 Å². The first-order valence-electron chi connectivity index (χ1n) is 11.8. The van der Waals surface area contributed by atoms with Gasteiger partial charge in [-0.15, -0.1) is 0 Å². The minimum Gasteiger partial charge on any atom is -0.376 e. The smallest absolute Gasteiger partial charge is 0.246 e. The molecule has 4 rings (SSSR count). The Kier molecular flexibility index (Phi) is 7.10. The van der Waals surface area contributed by atoms with Crippen LogP contribution < -0.4 is 15.5 Å². The molecule has 0 bridgehead atoms. The minimum absolute atomic E-state index is 0.0445. The van der Waals surface area contributed by atoms with Crippen molar-refractivity contribution in [2.24, 2.45) is 0 Å². The Morgan fingerprint density at radius 3 is 2.62 bits per heavy atom. The summed E-state index contributed by atoms with van der Waals surface area (Å²) >= 11 is 0. The van der Waals surface area contributed by atoms with E-state index in [1.807, 2.05) is 43.3 Å². The van der Waals surface area contributed by atoms with Crippen LogP contribution in [-0.2, 0) is 16.1 Å². The standard InChI is InChI=1S/C26H34N4O2/c1-19-16-25(31)28-23-14-8-9-15-24(23)30(19)26(32)17-27-22-13-7-6-10-20(22)18-29(2)21-11-4-3-5-12-21/h6-10,13-15,19,21,27H,3-5,11-12,16-18H2,1-2H3,(H,28,31). The lowest BCUT2D eigenvalue weighted by Gasteiger charge is -2.32. The van der Waals surface area contributed by atoms with Crippen LogP contribution in [0.3, 0.4) is 0 Å². The number of benzene rings is 2. The van der Waals surface area contributed by atoms with Crippen molar-refractivity contribution < 1.29 is 9.59 Å². The van der Waals surface area contributed by atoms with Gasteiger partial charge in [0.25, 0.3) is 0 Å². The van der Waals surface area contributed by atoms with Gasteiger partial charge in [0.2, 0.25) is 11.8 Å². The van der Waals surface area contributed by atoms with Gasteiger partial charge in [0.1, 0.15) is 0 Å². The van der Waals surface area contributed by atoms with Gasteiger partial charge < -0.3 is 15.5 Å². The van der Waals surface area contributed by atoms with Crippen molar-refractivity contribution in [2.45, 2.75) is 64.1 Å². The van der Waals surface area contributed by atoms with Crippen LogP contribution in [0.1, 0.15) is 51.0 Å². The molecule has 0 spiro atoms. The van der Waals surface area contributed by atoms with Crippen molar-refractivity contribution >= 4 is 28.9 Å². The van der Waals surface area contributed by atoms with Crippen molar-refractivity contribution in [3.05, 3.63) is 54.1 Å². The number of hydrogen-bond acceptors (Lipinski definition) is 4. The number of carbonyl (C=O) groups is 2. The van der Waals surface area contributed by atoms with E-state index in [1.54, 1.807) is 4.90 Å². The predicted octanol–water partition coefficient (Wildman–Crippen LogP) is 4.63. The van der Waals surface area contributed by atoms with Crippen molar-refractivity contribution in [3.63, 3.8) is 0 Å². The molecule has 1 atom stereocenters. The zero-order chi connectivity index (χ0) is 22.5. The van der Waals surface area contributed by atoms with E-state index in [0.717, 1.165) is 17.9 Å². The van der Waals surface area contributed by atoms with Crippen molar-refractivity contribution in [1.29, 1.82) is 0 Å². The fraction of sp³-hybridized carbons (Fsp3) is 0.462. The summed E-state index contributed by atoms with van der Waals surface area (Å²) in [6.45, 7) is 2.97. The van der Waals surface area contributed by atoms with Gasteiger partial charge >= 0.3 is 0 Å². The molecule has 2 N–H and O–H groups in total. The average molecular weight is 435 g/mol. The fourth-order valence-electron chi connectivity index (χ4n) is 4.97. The third-order valence-corrected chi connectivity index (χ3v) is 6.69. The number of carbonyl (C=O) groups excluding carboxylic acids is 2. The second-order valence-corrected chi connectivity index (χ2v) is 9.10. The van der Waals surface area contributed by atoms with E-state index in [-0.39, 0.29) is 30.8 Å². The van der Waals surface area contributed by atoms with Crippen LogP contribution in [0.5, 0.6) is 0 Å². The quantitative estimate of drug-likeness (QED) is 0.696. The normalized spacial score (nSPS) is 19.3. The predicted molar refractivity (Wildman–Crippen MR) is 130 cm³/mol. The number of amides is 2. The number of nitrogens with zero attached hydrogens (tertiary/aromatic N) is 2. The molecule has 6 heteroatoms. The van der Waals surface area contributed by atoms with Gasteiger partial charge in [0.15, 0.2) is 0 Å². The molecule has 2 aromatic rings. The van der Waals surface area contributed by atoms with Crippen LogP contribution >= 0.6 is 0 Å². The SMILES string of the molecule is CC1CC(=O)Nc2ccccc2N1C(=O)CNc1ccccc1CN(C)C1CCCCC1. The van der Waals surface area contributed by atoms with Crippen LogP contribution in [-0.4, -0.2) is 42.4 Å². The Bertz CT molecular complexity index is 954. The second-order valence-electron chi connectivity index (χ2n) is 9.10. The van der Waals surface area contributed by atoms with Gasteiger partial charge in [-0.1, -0.05) is 49.6 Å². The molecule has 32 heavy (non-hydrogen) atoms. The summed E-state index contributed by atoms with van der Waals surface area (Å²) in [4.78, 5) is 29.7. The molecule has 1 aliphatic carbocycles. The summed E-state index contributed by atoms with van der Waals surface area (Å²) in [5.74, 6) is -0.110. The number of para-hydroxylation sites is 3. The third kappa shape index (κ3) is 5.13. The highest BCUT2D eigenvalue weighted by Gasteiger charge is 2.29. The Morgan fingerprint density at radius 1 is 1.09 bits per heavy atom. The summed E-state index contributed by atoms with van der Waals surface area (Å²) in [7, 11) is 2.21. The van der Waals surface area contributed by atoms with Gasteiger partial charge in [0, 0.05) is 30.7 Å². The van der Waals surface area contributed by atoms with Crippen LogP contribution in [0.2, 0.25) is 0 Å². The van der Waals surface area contributed by atoms with Crippen molar-refractivity contribution in [1.82, 2.24) is 4.90 Å². The highest BCUT2D eigenvalue weighted by molar-refractivity contribution is 6.05. The highest BCUT2D eigenvalue weighted by Crippen LogP contribution is 2.31. The Morgan fingerprint density at radius 2 is 1.81 bits per heavy atom. The molecule has 2 amide bonds. The summed E-state index contributed by atoms with van der Waals surface area (Å²) in [5, 5.41) is 6.29. The van der Waals surface area contributed by atoms with Crippen LogP contribution in [0.15, 0.2) is 48.5 Å². The summed E-state index contributed by atoms with van der Waals surface area (Å²) in [6.07, 6.45) is 6.80. The topological polar surface area (TPSA) is 64.7 Å². The first kappa shape index (κ1) is 22.3. The van der Waals surface area contributed by atoms with Gasteiger partial charge in [-0.2, -0.15) is 0 Å². The molecule has 1 aliphatic heterocycles. The van der Waals surface area contributed by atoms with Crippen molar-refractivity contribution in [3.8, 4) is 0 Å². The zero-order valence-electron chi connectivity index (χ0n) is 19.1. The fourth-order valence-corrected chi connectivity index (χ4v) is 4.97. The van der Waals surface area contributed by atoms with Crippen molar-refractivity contribution in [2.75, 3.05) is 29.1 Å². The summed E-state index contributed by atoms with van der Waals surface area (Å²) in [6, 6.07) is 16.2. The molecule has 0 aromatic heterocycles. The lowest BCUT2D eigenvalue weighted by Crippen LogP contribution is -2.42. The van der Waals surface area contributed by atoms with E-state index in [2.05, 4.69) is 34.7 Å². The number of anilines is 3. The molecule has 6 nitrogen and oxygen atoms in total. The first-order valence-corrected chi connectivity index (χ1v) is 11.8. The molecule has 170 valence electrons. The molecule has 1 saturated carbocycles. The van der Waals surface area contributed by atoms with E-state index in [4.69, 9.17) is 0 Å². The second kappa shape index (κ2) is 10.2. The van der Waals surface area contributed by atoms with E-state index < -0.39 is 0 Å². The Balaban J connectivity index is 1.46. The van der Waals surface area contributed by atoms with Gasteiger partial charge in [0.05, 0.1) is 17.9 Å². The zero-order valence-corrected chi connectivity index (χ0v) is 19.1. The molecule has 0 radical (unpaired) electrons. The number of rotatable bonds is 6. The largest absolute Gasteiger partial charge is 0.376 e. The highest BCUT2D eigenvalue weighted by atomic mass is 16.2. The Labute approximate surface area is 191 Å². The monoisotopic (exact) mass is 434 g/mol. The minimum atomic E-state index is -0.208. The number of hydrogen-bond donors (Lipinski definition) is 2. The number of fused-ring (bicyclic) bond motifs is 1. The molecule has 1 fully saturated rings. The lowest BCUT2D eigenvalue weighted by atomic mass is 9.94. The molecule has 1 unspecified atom stereocenters. The number of nitrogens with one attached hydrogen (secondary N) is 2. The molecule has 1 heterocycles.